The van der Waals surface area contributed by atoms with Crippen molar-refractivity contribution in [2.24, 2.45) is 21.7 Å². The average molecular weight is 447 g/mol. The smallest absolute Gasteiger partial charge is 0.253 e. The molecule has 0 radical (unpaired) electrons. The van der Waals surface area contributed by atoms with Crippen molar-refractivity contribution in [2.45, 2.75) is 94.4 Å². The van der Waals surface area contributed by atoms with Gasteiger partial charge in [0.15, 0.2) is 0 Å². The minimum Gasteiger partial charge on any atom is -0.354 e. The Bertz CT molecular complexity index is 728. The third-order valence-electron chi connectivity index (χ3n) is 7.45. The van der Waals surface area contributed by atoms with Gasteiger partial charge in [-0.2, -0.15) is 0 Å². The van der Waals surface area contributed by atoms with Gasteiger partial charge in [0.25, 0.3) is 11.8 Å². The SMILES string of the molecule is CCCC(C)(C=CCC(C)(C)CC)C(C)(C)CC(C)(C)C(=O)NCCN1C(=O)C=CC1=O. The molecule has 5 heteroatoms. The third-order valence-corrected chi connectivity index (χ3v) is 7.45. The van der Waals surface area contributed by atoms with Crippen LogP contribution in [0.1, 0.15) is 94.4 Å². The van der Waals surface area contributed by atoms with Crippen LogP contribution in [0.5, 0.6) is 0 Å². The van der Waals surface area contributed by atoms with Crippen molar-refractivity contribution in [1.29, 1.82) is 0 Å². The van der Waals surface area contributed by atoms with Crippen molar-refractivity contribution in [2.75, 3.05) is 13.1 Å². The molecule has 3 amide bonds. The number of amides is 3. The van der Waals surface area contributed by atoms with E-state index in [1.807, 2.05) is 13.8 Å². The Kier molecular flexibility index (Phi) is 9.50. The van der Waals surface area contributed by atoms with Gasteiger partial charge in [-0.05, 0) is 35.5 Å². The maximum absolute atomic E-state index is 13.0. The number of nitrogens with one attached hydrogen (secondary N) is 1. The van der Waals surface area contributed by atoms with Gasteiger partial charge in [0, 0.05) is 30.7 Å². The van der Waals surface area contributed by atoms with Gasteiger partial charge in [-0.15, -0.1) is 0 Å². The van der Waals surface area contributed by atoms with Crippen LogP contribution in [0.2, 0.25) is 0 Å². The molecule has 0 saturated heterocycles. The minimum atomic E-state index is -0.577. The van der Waals surface area contributed by atoms with Crippen LogP contribution in [0.25, 0.3) is 0 Å². The molecule has 0 aliphatic carbocycles. The quantitative estimate of drug-likeness (QED) is 0.293. The molecule has 1 aliphatic rings. The van der Waals surface area contributed by atoms with Gasteiger partial charge in [0.2, 0.25) is 5.91 Å². The normalized spacial score (nSPS) is 17.3. The Morgan fingerprint density at radius 1 is 1.00 bits per heavy atom. The lowest BCUT2D eigenvalue weighted by molar-refractivity contribution is -0.138. The van der Waals surface area contributed by atoms with Crippen molar-refractivity contribution in [3.05, 3.63) is 24.3 Å². The molecular formula is C27H46N2O3. The summed E-state index contributed by atoms with van der Waals surface area (Å²) in [5, 5.41) is 2.94. The lowest BCUT2D eigenvalue weighted by Crippen LogP contribution is -2.46. The van der Waals surface area contributed by atoms with E-state index in [1.54, 1.807) is 0 Å². The van der Waals surface area contributed by atoms with Gasteiger partial charge in [-0.3, -0.25) is 19.3 Å². The first-order chi connectivity index (χ1) is 14.6. The molecule has 1 heterocycles. The first kappa shape index (κ1) is 28.1. The van der Waals surface area contributed by atoms with E-state index in [1.165, 1.54) is 12.2 Å². The van der Waals surface area contributed by atoms with Crippen molar-refractivity contribution in [1.82, 2.24) is 10.2 Å². The second kappa shape index (κ2) is 10.8. The lowest BCUT2D eigenvalue weighted by atomic mass is 9.58. The van der Waals surface area contributed by atoms with E-state index in [0.29, 0.717) is 5.41 Å². The average Bonchev–Trinajstić information content (AvgIpc) is 2.99. The predicted molar refractivity (Wildman–Crippen MR) is 132 cm³/mol. The van der Waals surface area contributed by atoms with E-state index >= 15 is 0 Å². The molecule has 0 aromatic carbocycles. The van der Waals surface area contributed by atoms with Crippen molar-refractivity contribution >= 4 is 17.7 Å². The molecule has 1 unspecified atom stereocenters. The first-order valence-corrected chi connectivity index (χ1v) is 12.1. The number of rotatable bonds is 13. The highest BCUT2D eigenvalue weighted by Crippen LogP contribution is 2.50. The fraction of sp³-hybridized carbons (Fsp3) is 0.741. The number of carbonyl (C=O) groups is 3. The summed E-state index contributed by atoms with van der Waals surface area (Å²) >= 11 is 0. The van der Waals surface area contributed by atoms with Gasteiger partial charge in [0.1, 0.15) is 0 Å². The van der Waals surface area contributed by atoms with Crippen LogP contribution in [0.15, 0.2) is 24.3 Å². The summed E-state index contributed by atoms with van der Waals surface area (Å²) in [6.45, 7) is 20.3. The molecule has 1 aliphatic heterocycles. The van der Waals surface area contributed by atoms with E-state index < -0.39 is 5.41 Å². The highest BCUT2D eigenvalue weighted by Gasteiger charge is 2.44. The zero-order chi connectivity index (χ0) is 24.8. The fourth-order valence-electron chi connectivity index (χ4n) is 4.51. The Labute approximate surface area is 196 Å². The number of carbonyl (C=O) groups excluding carboxylic acids is 3. The summed E-state index contributed by atoms with van der Waals surface area (Å²) < 4.78 is 0. The summed E-state index contributed by atoms with van der Waals surface area (Å²) in [6.07, 6.45) is 12.3. The summed E-state index contributed by atoms with van der Waals surface area (Å²) in [4.78, 5) is 37.5. The van der Waals surface area contributed by atoms with E-state index in [0.717, 1.165) is 37.0 Å². The van der Waals surface area contributed by atoms with E-state index in [9.17, 15) is 14.4 Å². The second-order valence-electron chi connectivity index (χ2n) is 11.7. The Balaban J connectivity index is 2.83. The number of hydrogen-bond acceptors (Lipinski definition) is 3. The number of allylic oxidation sites excluding steroid dienone is 2. The van der Waals surface area contributed by atoms with E-state index in [-0.39, 0.29) is 41.6 Å². The third kappa shape index (κ3) is 7.31. The van der Waals surface area contributed by atoms with E-state index in [4.69, 9.17) is 0 Å². The van der Waals surface area contributed by atoms with Crippen molar-refractivity contribution < 1.29 is 14.4 Å². The summed E-state index contributed by atoms with van der Waals surface area (Å²) in [6, 6.07) is 0. The lowest BCUT2D eigenvalue weighted by Gasteiger charge is -2.46. The highest BCUT2D eigenvalue weighted by molar-refractivity contribution is 6.12. The molecule has 0 bridgehead atoms. The number of nitrogens with zero attached hydrogens (tertiary/aromatic N) is 1. The highest BCUT2D eigenvalue weighted by atomic mass is 16.2. The van der Waals surface area contributed by atoms with Crippen LogP contribution in [-0.4, -0.2) is 35.7 Å². The first-order valence-electron chi connectivity index (χ1n) is 12.1. The molecule has 0 aromatic heterocycles. The molecule has 1 N–H and O–H groups in total. The van der Waals surface area contributed by atoms with E-state index in [2.05, 4.69) is 65.9 Å². The van der Waals surface area contributed by atoms with Crippen LogP contribution >= 0.6 is 0 Å². The Morgan fingerprint density at radius 2 is 1.56 bits per heavy atom. The summed E-state index contributed by atoms with van der Waals surface area (Å²) in [5.41, 5.74) is -0.405. The molecule has 1 rings (SSSR count). The van der Waals surface area contributed by atoms with Gasteiger partial charge >= 0.3 is 0 Å². The molecule has 0 fully saturated rings. The minimum absolute atomic E-state index is 0.0246. The molecule has 0 spiro atoms. The maximum atomic E-state index is 13.0. The molecule has 5 nitrogen and oxygen atoms in total. The Morgan fingerprint density at radius 3 is 2.06 bits per heavy atom. The Hall–Kier alpha value is -1.91. The number of imide groups is 1. The second-order valence-corrected chi connectivity index (χ2v) is 11.7. The monoisotopic (exact) mass is 446 g/mol. The van der Waals surface area contributed by atoms with Gasteiger partial charge in [0.05, 0.1) is 0 Å². The fourth-order valence-corrected chi connectivity index (χ4v) is 4.51. The van der Waals surface area contributed by atoms with Crippen LogP contribution in [0.4, 0.5) is 0 Å². The predicted octanol–water partition coefficient (Wildman–Crippen LogP) is 5.66. The molecule has 1 atom stereocenters. The van der Waals surface area contributed by atoms with Crippen molar-refractivity contribution in [3.63, 3.8) is 0 Å². The van der Waals surface area contributed by atoms with Crippen LogP contribution in [-0.2, 0) is 14.4 Å². The van der Waals surface area contributed by atoms with Gasteiger partial charge < -0.3 is 5.32 Å². The molecular weight excluding hydrogens is 400 g/mol. The number of hydrogen-bond donors (Lipinski definition) is 1. The summed E-state index contributed by atoms with van der Waals surface area (Å²) in [5.74, 6) is -0.691. The zero-order valence-corrected chi connectivity index (χ0v) is 21.9. The van der Waals surface area contributed by atoms with Crippen LogP contribution < -0.4 is 5.32 Å². The van der Waals surface area contributed by atoms with Gasteiger partial charge in [-0.25, -0.2) is 0 Å². The summed E-state index contributed by atoms with van der Waals surface area (Å²) in [7, 11) is 0. The molecule has 182 valence electrons. The largest absolute Gasteiger partial charge is 0.354 e. The molecule has 0 aromatic rings. The molecule has 32 heavy (non-hydrogen) atoms. The maximum Gasteiger partial charge on any atom is 0.253 e. The van der Waals surface area contributed by atoms with Crippen LogP contribution in [0, 0.1) is 21.7 Å². The standard InChI is InChI=1S/C27H46N2O3/c1-10-15-27(9,17-12-16-24(3,4)11-2)26(7,8)20-25(5,6)23(32)28-18-19-29-21(30)13-14-22(29)31/h12-14,17H,10-11,15-16,18-20H2,1-9H3,(H,28,32). The zero-order valence-electron chi connectivity index (χ0n) is 21.9. The van der Waals surface area contributed by atoms with Crippen molar-refractivity contribution in [3.8, 4) is 0 Å². The molecule has 0 saturated carbocycles. The van der Waals surface area contributed by atoms with Gasteiger partial charge in [-0.1, -0.05) is 87.3 Å². The topological polar surface area (TPSA) is 66.5 Å². The van der Waals surface area contributed by atoms with Crippen LogP contribution in [0.3, 0.4) is 0 Å².